The van der Waals surface area contributed by atoms with E-state index in [0.29, 0.717) is 41.5 Å². The second kappa shape index (κ2) is 12.3. The van der Waals surface area contributed by atoms with Gasteiger partial charge in [-0.15, -0.1) is 0 Å². The molecule has 1 fully saturated rings. The molecule has 0 atom stereocenters. The lowest BCUT2D eigenvalue weighted by molar-refractivity contribution is -0.122. The highest BCUT2D eigenvalue weighted by Crippen LogP contribution is 2.35. The molecule has 0 spiro atoms. The minimum atomic E-state index is -0.308. The Morgan fingerprint density at radius 3 is 2.49 bits per heavy atom. The van der Waals surface area contributed by atoms with Crippen LogP contribution in [0.25, 0.3) is 6.08 Å². The van der Waals surface area contributed by atoms with Crippen LogP contribution in [0.2, 0.25) is 0 Å². The van der Waals surface area contributed by atoms with E-state index in [9.17, 15) is 14.4 Å². The lowest BCUT2D eigenvalue weighted by Gasteiger charge is -2.13. The van der Waals surface area contributed by atoms with Crippen molar-refractivity contribution in [3.8, 4) is 11.5 Å². The van der Waals surface area contributed by atoms with Crippen molar-refractivity contribution in [1.82, 2.24) is 4.90 Å². The average Bonchev–Trinajstić information content (AvgIpc) is 3.16. The number of nitrogens with zero attached hydrogens (tertiary/aromatic N) is 1. The second-order valence-electron chi connectivity index (χ2n) is 8.36. The number of hydrogen-bond acceptors (Lipinski definition) is 6. The lowest BCUT2D eigenvalue weighted by Crippen LogP contribution is -2.30. The summed E-state index contributed by atoms with van der Waals surface area (Å²) in [4.78, 5) is 39.4. The van der Waals surface area contributed by atoms with Gasteiger partial charge in [-0.1, -0.05) is 54.6 Å². The van der Waals surface area contributed by atoms with Crippen LogP contribution in [0, 0.1) is 6.92 Å². The molecule has 0 aromatic heterocycles. The first-order chi connectivity index (χ1) is 17.9. The number of amides is 3. The molecule has 3 aromatic carbocycles. The summed E-state index contributed by atoms with van der Waals surface area (Å²) in [7, 11) is 0. The summed E-state index contributed by atoms with van der Waals surface area (Å²) in [5.74, 6) is 0.264. The van der Waals surface area contributed by atoms with E-state index in [2.05, 4.69) is 5.32 Å². The molecule has 1 saturated heterocycles. The number of hydrogen-bond donors (Lipinski definition) is 1. The molecule has 0 aliphatic carbocycles. The molecule has 1 heterocycles. The third-order valence-corrected chi connectivity index (χ3v) is 6.59. The quantitative estimate of drug-likeness (QED) is 0.349. The summed E-state index contributed by atoms with van der Waals surface area (Å²) in [5, 5.41) is 2.55. The summed E-state index contributed by atoms with van der Waals surface area (Å²) in [6.07, 6.45) is 2.27. The molecule has 0 bridgehead atoms. The Morgan fingerprint density at radius 1 is 0.973 bits per heavy atom. The van der Waals surface area contributed by atoms with Crippen LogP contribution in [-0.2, 0) is 16.0 Å². The van der Waals surface area contributed by atoms with Crippen LogP contribution >= 0.6 is 11.8 Å². The van der Waals surface area contributed by atoms with Crippen LogP contribution in [0.15, 0.2) is 77.7 Å². The maximum atomic E-state index is 12.9. The third kappa shape index (κ3) is 6.80. The average molecular weight is 517 g/mol. The first-order valence-corrected chi connectivity index (χ1v) is 12.8. The van der Waals surface area contributed by atoms with Crippen molar-refractivity contribution in [2.75, 3.05) is 25.1 Å². The van der Waals surface area contributed by atoms with Gasteiger partial charge in [0.15, 0.2) is 18.1 Å². The number of nitrogens with one attached hydrogen (secondary N) is 1. The number of imide groups is 1. The van der Waals surface area contributed by atoms with Crippen LogP contribution in [0.5, 0.6) is 11.5 Å². The highest BCUT2D eigenvalue weighted by molar-refractivity contribution is 8.18. The molecule has 1 N–H and O–H groups in total. The Kier molecular flexibility index (Phi) is 8.64. The summed E-state index contributed by atoms with van der Waals surface area (Å²) >= 11 is 0.925. The normalized spacial score (nSPS) is 14.2. The number of rotatable bonds is 10. The predicted molar refractivity (Wildman–Crippen MR) is 146 cm³/mol. The van der Waals surface area contributed by atoms with Gasteiger partial charge in [0, 0.05) is 12.2 Å². The Labute approximate surface area is 220 Å². The molecular weight excluding hydrogens is 488 g/mol. The lowest BCUT2D eigenvalue weighted by atomic mass is 10.1. The van der Waals surface area contributed by atoms with Gasteiger partial charge in [-0.3, -0.25) is 19.3 Å². The SMILES string of the molecule is CCOc1cc(/C=C2\SC(=O)N(CCc3ccccc3)C2=O)ccc1OCC(=O)Nc1ccccc1C. The van der Waals surface area contributed by atoms with Crippen LogP contribution < -0.4 is 14.8 Å². The number of carbonyl (C=O) groups is 3. The predicted octanol–water partition coefficient (Wildman–Crippen LogP) is 5.69. The van der Waals surface area contributed by atoms with Gasteiger partial charge in [0.05, 0.1) is 11.5 Å². The molecule has 8 heteroatoms. The van der Waals surface area contributed by atoms with Crippen LogP contribution in [0.3, 0.4) is 0 Å². The summed E-state index contributed by atoms with van der Waals surface area (Å²) in [6.45, 7) is 4.30. The number of ether oxygens (including phenoxy) is 2. The van der Waals surface area contributed by atoms with Crippen molar-refractivity contribution >= 4 is 40.6 Å². The summed E-state index contributed by atoms with van der Waals surface area (Å²) in [6, 6.07) is 22.4. The molecule has 0 unspecified atom stereocenters. The molecule has 190 valence electrons. The molecule has 3 amide bonds. The van der Waals surface area contributed by atoms with E-state index in [1.54, 1.807) is 24.3 Å². The van der Waals surface area contributed by atoms with Crippen molar-refractivity contribution < 1.29 is 23.9 Å². The molecule has 37 heavy (non-hydrogen) atoms. The topological polar surface area (TPSA) is 84.9 Å². The van der Waals surface area contributed by atoms with E-state index in [1.807, 2.05) is 68.4 Å². The highest BCUT2D eigenvalue weighted by atomic mass is 32.2. The van der Waals surface area contributed by atoms with Crippen LogP contribution in [-0.4, -0.2) is 41.7 Å². The van der Waals surface area contributed by atoms with Gasteiger partial charge in [-0.25, -0.2) is 0 Å². The molecule has 0 saturated carbocycles. The van der Waals surface area contributed by atoms with E-state index >= 15 is 0 Å². The molecule has 3 aromatic rings. The molecule has 7 nitrogen and oxygen atoms in total. The smallest absolute Gasteiger partial charge is 0.293 e. The minimum absolute atomic E-state index is 0.186. The van der Waals surface area contributed by atoms with Crippen LogP contribution in [0.4, 0.5) is 10.5 Å². The van der Waals surface area contributed by atoms with Gasteiger partial charge in [-0.2, -0.15) is 0 Å². The second-order valence-corrected chi connectivity index (χ2v) is 9.35. The van der Waals surface area contributed by atoms with Gasteiger partial charge >= 0.3 is 0 Å². The van der Waals surface area contributed by atoms with Gasteiger partial charge in [0.1, 0.15) is 0 Å². The Morgan fingerprint density at radius 2 is 1.73 bits per heavy atom. The molecule has 0 radical (unpaired) electrons. The fourth-order valence-electron chi connectivity index (χ4n) is 3.77. The fraction of sp³-hybridized carbons (Fsp3) is 0.207. The van der Waals surface area contributed by atoms with Gasteiger partial charge < -0.3 is 14.8 Å². The molecule has 1 aliphatic heterocycles. The summed E-state index contributed by atoms with van der Waals surface area (Å²) in [5.41, 5.74) is 3.44. The van der Waals surface area contributed by atoms with Crippen molar-refractivity contribution in [2.24, 2.45) is 0 Å². The fourth-order valence-corrected chi connectivity index (χ4v) is 4.64. The van der Waals surface area contributed by atoms with Crippen LogP contribution in [0.1, 0.15) is 23.6 Å². The Bertz CT molecular complexity index is 1320. The third-order valence-electron chi connectivity index (χ3n) is 5.68. The first-order valence-electron chi connectivity index (χ1n) is 12.0. The number of thioether (sulfide) groups is 1. The van der Waals surface area contributed by atoms with Gasteiger partial charge in [0.2, 0.25) is 0 Å². The minimum Gasteiger partial charge on any atom is -0.490 e. The Balaban J connectivity index is 1.41. The van der Waals surface area contributed by atoms with Crippen molar-refractivity contribution in [3.63, 3.8) is 0 Å². The number of anilines is 1. The number of benzene rings is 3. The Hall–Kier alpha value is -4.04. The van der Waals surface area contributed by atoms with Gasteiger partial charge in [-0.05, 0) is 73.0 Å². The maximum Gasteiger partial charge on any atom is 0.293 e. The van der Waals surface area contributed by atoms with Crippen molar-refractivity contribution in [3.05, 3.63) is 94.4 Å². The van der Waals surface area contributed by atoms with E-state index in [-0.39, 0.29) is 23.7 Å². The number of para-hydroxylation sites is 1. The summed E-state index contributed by atoms with van der Waals surface area (Å²) < 4.78 is 11.4. The zero-order valence-electron chi connectivity index (χ0n) is 20.7. The maximum absolute atomic E-state index is 12.9. The number of carbonyl (C=O) groups excluding carboxylic acids is 3. The van der Waals surface area contributed by atoms with E-state index in [4.69, 9.17) is 9.47 Å². The van der Waals surface area contributed by atoms with E-state index < -0.39 is 0 Å². The zero-order valence-corrected chi connectivity index (χ0v) is 21.5. The zero-order chi connectivity index (χ0) is 26.2. The van der Waals surface area contributed by atoms with E-state index in [0.717, 1.165) is 28.6 Å². The molecule has 1 aliphatic rings. The van der Waals surface area contributed by atoms with Crippen molar-refractivity contribution in [1.29, 1.82) is 0 Å². The van der Waals surface area contributed by atoms with Gasteiger partial charge in [0.25, 0.3) is 17.1 Å². The molecular formula is C29H28N2O5S. The van der Waals surface area contributed by atoms with Crippen molar-refractivity contribution in [2.45, 2.75) is 20.3 Å². The first kappa shape index (κ1) is 26.0. The molecule has 4 rings (SSSR count). The number of aryl methyl sites for hydroxylation is 1. The largest absolute Gasteiger partial charge is 0.490 e. The highest BCUT2D eigenvalue weighted by Gasteiger charge is 2.34. The van der Waals surface area contributed by atoms with E-state index in [1.165, 1.54) is 4.90 Å². The monoisotopic (exact) mass is 516 g/mol. The standard InChI is InChI=1S/C29H28N2O5S/c1-3-35-25-17-22(13-14-24(25)36-19-27(32)30-23-12-8-7-9-20(23)2)18-26-28(33)31(29(34)37-26)16-15-21-10-5-4-6-11-21/h4-14,17-18H,3,15-16,19H2,1-2H3,(H,30,32)/b26-18-.